The van der Waals surface area contributed by atoms with Gasteiger partial charge in [-0.1, -0.05) is 45.9 Å². The highest BCUT2D eigenvalue weighted by molar-refractivity contribution is 8.00. The molecule has 1 saturated heterocycles. The molecule has 24 heavy (non-hydrogen) atoms. The fourth-order valence-corrected chi connectivity index (χ4v) is 4.35. The molecule has 2 atom stereocenters. The summed E-state index contributed by atoms with van der Waals surface area (Å²) in [5, 5.41) is 3.02. The van der Waals surface area contributed by atoms with Crippen LogP contribution in [0.4, 0.5) is 0 Å². The number of nitrogens with zero attached hydrogens (tertiary/aromatic N) is 1. The lowest BCUT2D eigenvalue weighted by atomic mass is 10.0. The summed E-state index contributed by atoms with van der Waals surface area (Å²) in [5.41, 5.74) is 1.63. The van der Waals surface area contributed by atoms with Gasteiger partial charge in [0, 0.05) is 17.9 Å². The Hall–Kier alpha value is -1.49. The van der Waals surface area contributed by atoms with Crippen LogP contribution in [0.15, 0.2) is 24.3 Å². The van der Waals surface area contributed by atoms with Crippen molar-refractivity contribution in [1.29, 1.82) is 0 Å². The second-order valence-corrected chi connectivity index (χ2v) is 8.30. The average Bonchev–Trinajstić information content (AvgIpc) is 2.97. The lowest BCUT2D eigenvalue weighted by Gasteiger charge is -2.31. The first-order valence-electron chi connectivity index (χ1n) is 8.60. The first-order chi connectivity index (χ1) is 11.3. The molecule has 1 aromatic rings. The Morgan fingerprint density at radius 2 is 1.92 bits per heavy atom. The van der Waals surface area contributed by atoms with Gasteiger partial charge in [0.1, 0.15) is 6.04 Å². The van der Waals surface area contributed by atoms with Crippen molar-refractivity contribution in [2.45, 2.75) is 46.0 Å². The van der Waals surface area contributed by atoms with E-state index in [0.717, 1.165) is 5.56 Å². The molecule has 2 amide bonds. The van der Waals surface area contributed by atoms with Gasteiger partial charge in [0.15, 0.2) is 0 Å². The molecule has 1 heterocycles. The summed E-state index contributed by atoms with van der Waals surface area (Å²) < 4.78 is 0. The molecule has 0 saturated carbocycles. The first-order valence-corrected chi connectivity index (χ1v) is 9.65. The molecule has 1 aliphatic rings. The topological polar surface area (TPSA) is 49.4 Å². The zero-order chi connectivity index (χ0) is 17.9. The van der Waals surface area contributed by atoms with Gasteiger partial charge in [-0.25, -0.2) is 0 Å². The van der Waals surface area contributed by atoms with Crippen molar-refractivity contribution in [3.05, 3.63) is 35.4 Å². The van der Waals surface area contributed by atoms with Crippen molar-refractivity contribution < 1.29 is 9.59 Å². The summed E-state index contributed by atoms with van der Waals surface area (Å²) >= 11 is 1.70. The minimum atomic E-state index is -0.395. The molecule has 4 nitrogen and oxygen atoms in total. The van der Waals surface area contributed by atoms with E-state index in [1.165, 1.54) is 0 Å². The molecule has 5 heteroatoms. The minimum Gasteiger partial charge on any atom is -0.354 e. The van der Waals surface area contributed by atoms with E-state index in [9.17, 15) is 9.59 Å². The number of rotatable bonds is 5. The van der Waals surface area contributed by atoms with Gasteiger partial charge >= 0.3 is 0 Å². The first kappa shape index (κ1) is 18.8. The third kappa shape index (κ3) is 4.12. The van der Waals surface area contributed by atoms with E-state index in [4.69, 9.17) is 0 Å². The molecule has 0 aliphatic carbocycles. The highest BCUT2D eigenvalue weighted by atomic mass is 32.2. The van der Waals surface area contributed by atoms with Crippen molar-refractivity contribution in [2.75, 3.05) is 12.3 Å². The molecular weight excluding hydrogens is 320 g/mol. The number of thioether (sulfide) groups is 1. The molecule has 1 aliphatic heterocycles. The average molecular weight is 349 g/mol. The molecule has 1 fully saturated rings. The maximum atomic E-state index is 13.2. The predicted molar refractivity (Wildman–Crippen MR) is 100 cm³/mol. The fraction of sp³-hybridized carbons (Fsp3) is 0.579. The summed E-state index contributed by atoms with van der Waals surface area (Å²) in [4.78, 5) is 27.6. The molecule has 0 spiro atoms. The van der Waals surface area contributed by atoms with Gasteiger partial charge in [-0.3, -0.25) is 9.59 Å². The van der Waals surface area contributed by atoms with Gasteiger partial charge in [0.25, 0.3) is 5.91 Å². The van der Waals surface area contributed by atoms with Gasteiger partial charge in [-0.05, 0) is 30.4 Å². The Balaban J connectivity index is 2.27. The second kappa shape index (κ2) is 8.06. The van der Waals surface area contributed by atoms with Gasteiger partial charge in [-0.15, -0.1) is 11.8 Å². The van der Waals surface area contributed by atoms with Crippen LogP contribution in [-0.4, -0.2) is 40.4 Å². The number of hydrogen-bond donors (Lipinski definition) is 1. The minimum absolute atomic E-state index is 0.0342. The zero-order valence-electron chi connectivity index (χ0n) is 15.2. The van der Waals surface area contributed by atoms with Gasteiger partial charge < -0.3 is 10.2 Å². The highest BCUT2D eigenvalue weighted by Gasteiger charge is 2.43. The van der Waals surface area contributed by atoms with Crippen LogP contribution in [0.25, 0.3) is 0 Å². The maximum Gasteiger partial charge on any atom is 0.255 e. The lowest BCUT2D eigenvalue weighted by molar-refractivity contribution is -0.125. The molecule has 0 aromatic heterocycles. The van der Waals surface area contributed by atoms with E-state index in [-0.39, 0.29) is 17.2 Å². The monoisotopic (exact) mass is 348 g/mol. The van der Waals surface area contributed by atoms with Gasteiger partial charge in [-0.2, -0.15) is 0 Å². The van der Waals surface area contributed by atoms with Crippen molar-refractivity contribution in [2.24, 2.45) is 11.8 Å². The molecule has 0 radical (unpaired) electrons. The van der Waals surface area contributed by atoms with E-state index < -0.39 is 6.04 Å². The summed E-state index contributed by atoms with van der Waals surface area (Å²) in [6, 6.07) is 7.20. The van der Waals surface area contributed by atoms with Crippen LogP contribution in [0.1, 0.15) is 43.6 Å². The van der Waals surface area contributed by atoms with Crippen LogP contribution in [0.3, 0.4) is 0 Å². The number of carbonyl (C=O) groups excluding carboxylic acids is 2. The number of carbonyl (C=O) groups is 2. The van der Waals surface area contributed by atoms with Crippen molar-refractivity contribution in [3.63, 3.8) is 0 Å². The SMILES string of the molecule is Cc1ccccc1C(=O)N1C(C(=O)NCC(C)C)CSC1C(C)C. The Labute approximate surface area is 149 Å². The van der Waals surface area contributed by atoms with Crippen LogP contribution in [0.2, 0.25) is 0 Å². The van der Waals surface area contributed by atoms with Crippen molar-refractivity contribution in [3.8, 4) is 0 Å². The van der Waals surface area contributed by atoms with E-state index in [1.54, 1.807) is 16.7 Å². The Kier molecular flexibility index (Phi) is 6.33. The summed E-state index contributed by atoms with van der Waals surface area (Å²) in [6.45, 7) is 10.9. The fourth-order valence-electron chi connectivity index (χ4n) is 2.87. The zero-order valence-corrected chi connectivity index (χ0v) is 16.0. The molecule has 0 bridgehead atoms. The maximum absolute atomic E-state index is 13.2. The van der Waals surface area contributed by atoms with Gasteiger partial charge in [0.05, 0.1) is 5.37 Å². The van der Waals surface area contributed by atoms with Crippen molar-refractivity contribution in [1.82, 2.24) is 10.2 Å². The molecular formula is C19H28N2O2S. The summed E-state index contributed by atoms with van der Waals surface area (Å²) in [6.07, 6.45) is 0. The molecule has 2 unspecified atom stereocenters. The van der Waals surface area contributed by atoms with E-state index in [0.29, 0.717) is 29.7 Å². The Morgan fingerprint density at radius 1 is 1.25 bits per heavy atom. The Morgan fingerprint density at radius 3 is 2.50 bits per heavy atom. The number of amides is 2. The number of nitrogens with one attached hydrogen (secondary N) is 1. The molecule has 1 N–H and O–H groups in total. The number of benzene rings is 1. The summed E-state index contributed by atoms with van der Waals surface area (Å²) in [5.74, 6) is 1.27. The number of aryl methyl sites for hydroxylation is 1. The third-order valence-corrected chi connectivity index (χ3v) is 5.82. The lowest BCUT2D eigenvalue weighted by Crippen LogP contribution is -2.51. The van der Waals surface area contributed by atoms with Gasteiger partial charge in [0.2, 0.25) is 5.91 Å². The smallest absolute Gasteiger partial charge is 0.255 e. The molecule has 2 rings (SSSR count). The molecule has 132 valence electrons. The van der Waals surface area contributed by atoms with E-state index in [2.05, 4.69) is 33.0 Å². The standard InChI is InChI=1S/C19H28N2O2S/c1-12(2)10-20-17(22)16-11-24-19(13(3)4)21(16)18(23)15-9-7-6-8-14(15)5/h6-9,12-13,16,19H,10-11H2,1-5H3,(H,20,22). The predicted octanol–water partition coefficient (Wildman–Crippen LogP) is 3.31. The number of hydrogen-bond acceptors (Lipinski definition) is 3. The van der Waals surface area contributed by atoms with E-state index >= 15 is 0 Å². The van der Waals surface area contributed by atoms with Crippen LogP contribution < -0.4 is 5.32 Å². The Bertz CT molecular complexity index is 601. The summed E-state index contributed by atoms with van der Waals surface area (Å²) in [7, 11) is 0. The third-order valence-electron chi connectivity index (χ3n) is 4.20. The van der Waals surface area contributed by atoms with Crippen LogP contribution in [0, 0.1) is 18.8 Å². The van der Waals surface area contributed by atoms with Crippen LogP contribution in [0.5, 0.6) is 0 Å². The second-order valence-electron chi connectivity index (χ2n) is 7.15. The largest absolute Gasteiger partial charge is 0.354 e. The normalized spacial score (nSPS) is 20.7. The molecule has 1 aromatic carbocycles. The van der Waals surface area contributed by atoms with Crippen LogP contribution in [-0.2, 0) is 4.79 Å². The van der Waals surface area contributed by atoms with E-state index in [1.807, 2.05) is 31.2 Å². The highest BCUT2D eigenvalue weighted by Crippen LogP contribution is 2.35. The van der Waals surface area contributed by atoms with Crippen LogP contribution >= 0.6 is 11.8 Å². The quantitative estimate of drug-likeness (QED) is 0.888. The van der Waals surface area contributed by atoms with Crippen molar-refractivity contribution >= 4 is 23.6 Å².